The molecule has 1 N–H and O–H groups in total. The topological polar surface area (TPSA) is 49.4 Å². The maximum atomic E-state index is 11.5. The summed E-state index contributed by atoms with van der Waals surface area (Å²) in [7, 11) is 3.77. The van der Waals surface area contributed by atoms with Crippen LogP contribution in [0.4, 0.5) is 11.4 Å². The monoisotopic (exact) mass is 254 g/mol. The molecule has 5 heteroatoms. The summed E-state index contributed by atoms with van der Waals surface area (Å²) >= 11 is 5.41. The molecule has 0 unspecified atom stereocenters. The first kappa shape index (κ1) is 13.5. The highest BCUT2D eigenvalue weighted by atomic mass is 35.5. The van der Waals surface area contributed by atoms with Gasteiger partial charge in [0.25, 0.3) is 0 Å². The lowest BCUT2D eigenvalue weighted by Gasteiger charge is -2.15. The van der Waals surface area contributed by atoms with Crippen molar-refractivity contribution < 1.29 is 9.59 Å². The molecular formula is C12H15ClN2O2. The van der Waals surface area contributed by atoms with Gasteiger partial charge in [-0.15, -0.1) is 11.6 Å². The zero-order chi connectivity index (χ0) is 13.0. The number of hydrogen-bond acceptors (Lipinski definition) is 3. The third kappa shape index (κ3) is 3.46. The van der Waals surface area contributed by atoms with E-state index >= 15 is 0 Å². The van der Waals surface area contributed by atoms with E-state index in [0.29, 0.717) is 11.3 Å². The number of amides is 1. The molecule has 0 radical (unpaired) electrons. The number of nitrogens with zero attached hydrogens (tertiary/aromatic N) is 1. The largest absolute Gasteiger partial charge is 0.378 e. The lowest BCUT2D eigenvalue weighted by atomic mass is 10.1. The molecule has 1 amide bonds. The average Bonchev–Trinajstić information content (AvgIpc) is 2.28. The molecular weight excluding hydrogens is 240 g/mol. The molecule has 0 bridgehead atoms. The fourth-order valence-electron chi connectivity index (χ4n) is 1.39. The predicted molar refractivity (Wildman–Crippen MR) is 70.1 cm³/mol. The SMILES string of the molecule is CC(=O)c1cc(N(C)C)ccc1NC(=O)CCl. The predicted octanol–water partition coefficient (Wildman–Crippen LogP) is 2.13. The summed E-state index contributed by atoms with van der Waals surface area (Å²) < 4.78 is 0. The second-order valence-electron chi connectivity index (χ2n) is 3.86. The lowest BCUT2D eigenvalue weighted by molar-refractivity contribution is -0.113. The molecule has 0 saturated carbocycles. The minimum Gasteiger partial charge on any atom is -0.378 e. The van der Waals surface area contributed by atoms with Gasteiger partial charge in [0.15, 0.2) is 5.78 Å². The van der Waals surface area contributed by atoms with Gasteiger partial charge in [0.05, 0.1) is 5.69 Å². The maximum absolute atomic E-state index is 11.5. The number of anilines is 2. The number of carbonyl (C=O) groups is 2. The molecule has 0 saturated heterocycles. The van der Waals surface area contributed by atoms with Gasteiger partial charge >= 0.3 is 0 Å². The molecule has 0 aliphatic carbocycles. The Hall–Kier alpha value is -1.55. The van der Waals surface area contributed by atoms with E-state index in [-0.39, 0.29) is 17.6 Å². The third-order valence-electron chi connectivity index (χ3n) is 2.29. The Labute approximate surface area is 106 Å². The van der Waals surface area contributed by atoms with Crippen LogP contribution in [0.15, 0.2) is 18.2 Å². The van der Waals surface area contributed by atoms with E-state index in [0.717, 1.165) is 5.69 Å². The van der Waals surface area contributed by atoms with Crippen molar-refractivity contribution in [3.05, 3.63) is 23.8 Å². The van der Waals surface area contributed by atoms with E-state index in [9.17, 15) is 9.59 Å². The van der Waals surface area contributed by atoms with Gasteiger partial charge in [0.1, 0.15) is 5.88 Å². The Morgan fingerprint density at radius 3 is 2.47 bits per heavy atom. The highest BCUT2D eigenvalue weighted by Crippen LogP contribution is 2.22. The van der Waals surface area contributed by atoms with Crippen molar-refractivity contribution >= 4 is 34.7 Å². The maximum Gasteiger partial charge on any atom is 0.239 e. The fourth-order valence-corrected chi connectivity index (χ4v) is 1.46. The number of halogens is 1. The first-order chi connectivity index (χ1) is 7.95. The summed E-state index contributed by atoms with van der Waals surface area (Å²) in [6.07, 6.45) is 0. The van der Waals surface area contributed by atoms with Crippen molar-refractivity contribution in [3.8, 4) is 0 Å². The van der Waals surface area contributed by atoms with Crippen LogP contribution >= 0.6 is 11.6 Å². The fraction of sp³-hybridized carbons (Fsp3) is 0.333. The van der Waals surface area contributed by atoms with E-state index in [2.05, 4.69) is 5.32 Å². The van der Waals surface area contributed by atoms with Gasteiger partial charge in [-0.3, -0.25) is 9.59 Å². The number of hydrogen-bond donors (Lipinski definition) is 1. The summed E-state index contributed by atoms with van der Waals surface area (Å²) in [6.45, 7) is 1.46. The number of carbonyl (C=O) groups excluding carboxylic acids is 2. The summed E-state index contributed by atoms with van der Waals surface area (Å²) in [6, 6.07) is 5.28. The molecule has 0 spiro atoms. The Balaban J connectivity index is 3.13. The van der Waals surface area contributed by atoms with Crippen molar-refractivity contribution in [2.75, 3.05) is 30.2 Å². The molecule has 0 aliphatic heterocycles. The number of Topliss-reactive ketones (excluding diaryl/α,β-unsaturated/α-hetero) is 1. The number of rotatable bonds is 4. The lowest BCUT2D eigenvalue weighted by Crippen LogP contribution is -2.16. The van der Waals surface area contributed by atoms with Gasteiger partial charge in [-0.25, -0.2) is 0 Å². The van der Waals surface area contributed by atoms with Crippen molar-refractivity contribution in [2.45, 2.75) is 6.92 Å². The molecule has 0 heterocycles. The van der Waals surface area contributed by atoms with Crippen LogP contribution in [-0.2, 0) is 4.79 Å². The molecule has 1 aromatic rings. The molecule has 0 atom stereocenters. The van der Waals surface area contributed by atoms with Crippen molar-refractivity contribution in [1.82, 2.24) is 0 Å². The minimum atomic E-state index is -0.327. The van der Waals surface area contributed by atoms with Crippen LogP contribution in [0.2, 0.25) is 0 Å². The first-order valence-corrected chi connectivity index (χ1v) is 5.67. The van der Waals surface area contributed by atoms with Gasteiger partial charge < -0.3 is 10.2 Å². The van der Waals surface area contributed by atoms with Crippen LogP contribution in [0.1, 0.15) is 17.3 Å². The minimum absolute atomic E-state index is 0.0985. The Kier molecular flexibility index (Phi) is 4.52. The second kappa shape index (κ2) is 5.68. The smallest absolute Gasteiger partial charge is 0.239 e. The van der Waals surface area contributed by atoms with E-state index < -0.39 is 0 Å². The van der Waals surface area contributed by atoms with Gasteiger partial charge in [-0.05, 0) is 25.1 Å². The molecule has 0 aliphatic rings. The molecule has 0 aromatic heterocycles. The number of benzene rings is 1. The molecule has 17 heavy (non-hydrogen) atoms. The van der Waals surface area contributed by atoms with Gasteiger partial charge in [-0.1, -0.05) is 0 Å². The molecule has 0 fully saturated rings. The number of nitrogens with one attached hydrogen (secondary N) is 1. The van der Waals surface area contributed by atoms with Crippen LogP contribution in [0.25, 0.3) is 0 Å². The van der Waals surface area contributed by atoms with Gasteiger partial charge in [0.2, 0.25) is 5.91 Å². The zero-order valence-electron chi connectivity index (χ0n) is 10.1. The Morgan fingerprint density at radius 1 is 1.35 bits per heavy atom. The normalized spacial score (nSPS) is 9.88. The highest BCUT2D eigenvalue weighted by Gasteiger charge is 2.11. The van der Waals surface area contributed by atoms with E-state index in [1.54, 1.807) is 12.1 Å². The summed E-state index contributed by atoms with van der Waals surface area (Å²) in [4.78, 5) is 24.6. The van der Waals surface area contributed by atoms with Crippen molar-refractivity contribution in [2.24, 2.45) is 0 Å². The van der Waals surface area contributed by atoms with E-state index in [1.165, 1.54) is 6.92 Å². The third-order valence-corrected chi connectivity index (χ3v) is 2.54. The average molecular weight is 255 g/mol. The van der Waals surface area contributed by atoms with Crippen LogP contribution in [-0.4, -0.2) is 31.7 Å². The Morgan fingerprint density at radius 2 is 2.00 bits per heavy atom. The molecule has 1 aromatic carbocycles. The van der Waals surface area contributed by atoms with Crippen LogP contribution in [0.5, 0.6) is 0 Å². The van der Waals surface area contributed by atoms with Crippen LogP contribution < -0.4 is 10.2 Å². The first-order valence-electron chi connectivity index (χ1n) is 5.14. The van der Waals surface area contributed by atoms with E-state index in [4.69, 9.17) is 11.6 Å². The standard InChI is InChI=1S/C12H15ClN2O2/c1-8(16)10-6-9(15(2)3)4-5-11(10)14-12(17)7-13/h4-6H,7H2,1-3H3,(H,14,17). The van der Waals surface area contributed by atoms with Crippen LogP contribution in [0, 0.1) is 0 Å². The Bertz CT molecular complexity index is 444. The quantitative estimate of drug-likeness (QED) is 0.662. The van der Waals surface area contributed by atoms with Crippen molar-refractivity contribution in [1.29, 1.82) is 0 Å². The zero-order valence-corrected chi connectivity index (χ0v) is 10.8. The van der Waals surface area contributed by atoms with Gasteiger partial charge in [0, 0.05) is 25.3 Å². The van der Waals surface area contributed by atoms with Crippen LogP contribution in [0.3, 0.4) is 0 Å². The molecule has 92 valence electrons. The molecule has 1 rings (SSSR count). The number of ketones is 1. The second-order valence-corrected chi connectivity index (χ2v) is 4.13. The van der Waals surface area contributed by atoms with Crippen molar-refractivity contribution in [3.63, 3.8) is 0 Å². The summed E-state index contributed by atoms with van der Waals surface area (Å²) in [5.74, 6) is -0.558. The number of alkyl halides is 1. The van der Waals surface area contributed by atoms with E-state index in [1.807, 2.05) is 25.1 Å². The summed E-state index contributed by atoms with van der Waals surface area (Å²) in [5, 5.41) is 2.60. The molecule has 4 nitrogen and oxygen atoms in total. The summed E-state index contributed by atoms with van der Waals surface area (Å²) in [5.41, 5.74) is 1.88. The highest BCUT2D eigenvalue weighted by molar-refractivity contribution is 6.29. The van der Waals surface area contributed by atoms with Gasteiger partial charge in [-0.2, -0.15) is 0 Å².